The lowest BCUT2D eigenvalue weighted by Crippen LogP contribution is -2.32. The third-order valence-corrected chi connectivity index (χ3v) is 4.77. The molecule has 1 aliphatic rings. The van der Waals surface area contributed by atoms with Crippen molar-refractivity contribution in [1.82, 2.24) is 19.9 Å². The van der Waals surface area contributed by atoms with Gasteiger partial charge in [0, 0.05) is 34.2 Å². The molecule has 11 heteroatoms. The van der Waals surface area contributed by atoms with Gasteiger partial charge in [-0.25, -0.2) is 15.0 Å². The number of aliphatic imine (C=N–C) groups is 1. The van der Waals surface area contributed by atoms with E-state index in [0.29, 0.717) is 22.0 Å². The van der Waals surface area contributed by atoms with Gasteiger partial charge in [-0.1, -0.05) is 17.7 Å². The van der Waals surface area contributed by atoms with E-state index in [4.69, 9.17) is 28.3 Å². The summed E-state index contributed by atoms with van der Waals surface area (Å²) in [6, 6.07) is 6.67. The average Bonchev–Trinajstić information content (AvgIpc) is 3.22. The predicted molar refractivity (Wildman–Crippen MR) is 108 cm³/mol. The number of aromatic nitrogens is 3. The zero-order valence-electron chi connectivity index (χ0n) is 14.8. The van der Waals surface area contributed by atoms with E-state index < -0.39 is 6.04 Å². The topological polar surface area (TPSA) is 167 Å². The zero-order valence-corrected chi connectivity index (χ0v) is 15.5. The van der Waals surface area contributed by atoms with E-state index in [9.17, 15) is 5.26 Å². The summed E-state index contributed by atoms with van der Waals surface area (Å²) in [5.74, 6) is 0.442. The van der Waals surface area contributed by atoms with Crippen LogP contribution in [0.5, 0.6) is 0 Å². The number of pyridine rings is 1. The number of nitriles is 2. The Kier molecular flexibility index (Phi) is 4.39. The minimum atomic E-state index is -0.702. The lowest BCUT2D eigenvalue weighted by atomic mass is 9.95. The van der Waals surface area contributed by atoms with Crippen molar-refractivity contribution in [2.45, 2.75) is 6.04 Å². The summed E-state index contributed by atoms with van der Waals surface area (Å²) >= 11 is 6.57. The number of rotatable bonds is 2. The van der Waals surface area contributed by atoms with E-state index in [1.807, 2.05) is 16.7 Å². The number of nitrogen functional groups attached to an aromatic ring is 2. The first-order valence-corrected chi connectivity index (χ1v) is 8.68. The fraction of sp³-hybridized carbons (Fsp3) is 0.0556. The van der Waals surface area contributed by atoms with Gasteiger partial charge in [-0.3, -0.25) is 5.32 Å². The first kappa shape index (κ1) is 18.1. The van der Waals surface area contributed by atoms with Crippen molar-refractivity contribution in [3.8, 4) is 17.9 Å². The highest BCUT2D eigenvalue weighted by atomic mass is 35.5. The number of nitrogens with zero attached hydrogens (tertiary/aromatic N) is 6. The molecule has 0 bridgehead atoms. The second kappa shape index (κ2) is 7.03. The minimum Gasteiger partial charge on any atom is -0.397 e. The molecule has 4 rings (SSSR count). The van der Waals surface area contributed by atoms with Crippen LogP contribution in [0, 0.1) is 22.8 Å². The predicted octanol–water partition coefficient (Wildman–Crippen LogP) is 1.90. The molecule has 3 heterocycles. The van der Waals surface area contributed by atoms with E-state index >= 15 is 0 Å². The van der Waals surface area contributed by atoms with Crippen molar-refractivity contribution >= 4 is 34.9 Å². The molecule has 1 aromatic carbocycles. The Bertz CT molecular complexity index is 1220. The van der Waals surface area contributed by atoms with Crippen molar-refractivity contribution in [2.24, 2.45) is 4.99 Å². The second-order valence-corrected chi connectivity index (χ2v) is 6.48. The Balaban J connectivity index is 1.89. The molecule has 6 N–H and O–H groups in total. The Morgan fingerprint density at radius 2 is 2.10 bits per heavy atom. The monoisotopic (exact) mass is 404 g/mol. The van der Waals surface area contributed by atoms with Gasteiger partial charge in [-0.05, 0) is 12.1 Å². The van der Waals surface area contributed by atoms with E-state index in [-0.39, 0.29) is 23.0 Å². The van der Waals surface area contributed by atoms with Gasteiger partial charge in [0.1, 0.15) is 29.3 Å². The summed E-state index contributed by atoms with van der Waals surface area (Å²) in [4.78, 5) is 12.7. The Morgan fingerprint density at radius 1 is 1.28 bits per heavy atom. The fourth-order valence-corrected chi connectivity index (χ4v) is 3.39. The van der Waals surface area contributed by atoms with Gasteiger partial charge in [0.25, 0.3) is 0 Å². The summed E-state index contributed by atoms with van der Waals surface area (Å²) in [6.07, 6.45) is 6.92. The molecule has 0 aliphatic carbocycles. The third kappa shape index (κ3) is 3.04. The molecule has 0 amide bonds. The average molecular weight is 405 g/mol. The molecule has 1 atom stereocenters. The first-order valence-electron chi connectivity index (χ1n) is 8.30. The molecule has 3 aromatic rings. The standard InChI is InChI=1S/C18H13ClN10/c19-12-5-9(29-4-3-24-8-29)1-2-10(12)15-13-14(22)11(6-20)16(23)27-17(13)28-18(26-15)25-7-21/h1-5,8,15H,(H6,22,23,25,26,27,28). The second-order valence-electron chi connectivity index (χ2n) is 6.08. The Labute approximate surface area is 170 Å². The van der Waals surface area contributed by atoms with Crippen LogP contribution in [0.15, 0.2) is 41.9 Å². The molecule has 0 spiro atoms. The molecule has 29 heavy (non-hydrogen) atoms. The smallest absolute Gasteiger partial charge is 0.211 e. The van der Waals surface area contributed by atoms with Crippen LogP contribution in [-0.2, 0) is 0 Å². The number of imidazole rings is 1. The third-order valence-electron chi connectivity index (χ3n) is 4.44. The first-order chi connectivity index (χ1) is 14.0. The van der Waals surface area contributed by atoms with Crippen LogP contribution in [0.1, 0.15) is 22.7 Å². The van der Waals surface area contributed by atoms with Crippen LogP contribution in [-0.4, -0.2) is 20.5 Å². The summed E-state index contributed by atoms with van der Waals surface area (Å²) in [7, 11) is 0. The van der Waals surface area contributed by atoms with E-state index in [1.165, 1.54) is 0 Å². The summed E-state index contributed by atoms with van der Waals surface area (Å²) in [6.45, 7) is 0. The van der Waals surface area contributed by atoms with Crippen molar-refractivity contribution < 1.29 is 0 Å². The van der Waals surface area contributed by atoms with Crippen LogP contribution in [0.2, 0.25) is 5.02 Å². The molecular weight excluding hydrogens is 392 g/mol. The quantitative estimate of drug-likeness (QED) is 0.371. The molecule has 142 valence electrons. The van der Waals surface area contributed by atoms with Crippen molar-refractivity contribution in [1.29, 1.82) is 10.5 Å². The number of hydrogen-bond donors (Lipinski definition) is 4. The highest BCUT2D eigenvalue weighted by Crippen LogP contribution is 2.42. The Morgan fingerprint density at radius 3 is 2.76 bits per heavy atom. The van der Waals surface area contributed by atoms with Crippen LogP contribution < -0.4 is 22.1 Å². The maximum Gasteiger partial charge on any atom is 0.211 e. The van der Waals surface area contributed by atoms with E-state index in [2.05, 4.69) is 25.6 Å². The van der Waals surface area contributed by atoms with Crippen LogP contribution in [0.25, 0.3) is 5.69 Å². The van der Waals surface area contributed by atoms with Gasteiger partial charge in [-0.15, -0.1) is 0 Å². The largest absolute Gasteiger partial charge is 0.397 e. The normalized spacial score (nSPS) is 14.7. The van der Waals surface area contributed by atoms with Gasteiger partial charge in [0.15, 0.2) is 6.19 Å². The highest BCUT2D eigenvalue weighted by molar-refractivity contribution is 6.31. The molecule has 1 unspecified atom stereocenters. The number of benzene rings is 1. The molecule has 1 aliphatic heterocycles. The molecule has 0 radical (unpaired) electrons. The number of halogens is 1. The van der Waals surface area contributed by atoms with Crippen molar-refractivity contribution in [3.63, 3.8) is 0 Å². The van der Waals surface area contributed by atoms with Gasteiger partial charge in [-0.2, -0.15) is 10.5 Å². The zero-order chi connectivity index (χ0) is 20.5. The van der Waals surface area contributed by atoms with Gasteiger partial charge >= 0.3 is 0 Å². The molecule has 2 aromatic heterocycles. The number of anilines is 3. The molecule has 10 nitrogen and oxygen atoms in total. The maximum atomic E-state index is 9.39. The number of guanidine groups is 1. The molecular formula is C18H13ClN10. The SMILES string of the molecule is N#CNC1=NC(c2ccc(-n3ccnc3)cc2Cl)c2c(nc(N)c(C#N)c2N)N1. The number of hydrogen-bond acceptors (Lipinski definition) is 9. The van der Waals surface area contributed by atoms with Crippen LogP contribution in [0.4, 0.5) is 17.3 Å². The number of fused-ring (bicyclic) bond motifs is 1. The number of nitrogens with one attached hydrogen (secondary N) is 2. The van der Waals surface area contributed by atoms with E-state index in [0.717, 1.165) is 5.69 Å². The summed E-state index contributed by atoms with van der Waals surface area (Å²) < 4.78 is 1.81. The Hall–Kier alpha value is -4.28. The molecule has 0 saturated carbocycles. The highest BCUT2D eigenvalue weighted by Gasteiger charge is 2.30. The lowest BCUT2D eigenvalue weighted by Gasteiger charge is -2.26. The van der Waals surface area contributed by atoms with Crippen molar-refractivity contribution in [3.05, 3.63) is 58.6 Å². The van der Waals surface area contributed by atoms with Crippen LogP contribution >= 0.6 is 11.6 Å². The van der Waals surface area contributed by atoms with Crippen molar-refractivity contribution in [2.75, 3.05) is 16.8 Å². The lowest BCUT2D eigenvalue weighted by molar-refractivity contribution is 0.846. The number of nitrogens with two attached hydrogens (primary N) is 2. The molecule has 0 saturated heterocycles. The maximum absolute atomic E-state index is 9.39. The fourth-order valence-electron chi connectivity index (χ4n) is 3.12. The van der Waals surface area contributed by atoms with Gasteiger partial charge < -0.3 is 21.4 Å². The van der Waals surface area contributed by atoms with Crippen LogP contribution in [0.3, 0.4) is 0 Å². The molecule has 0 fully saturated rings. The van der Waals surface area contributed by atoms with E-state index in [1.54, 1.807) is 37.0 Å². The van der Waals surface area contributed by atoms with Gasteiger partial charge in [0.05, 0.1) is 12.0 Å². The summed E-state index contributed by atoms with van der Waals surface area (Å²) in [5, 5.41) is 24.1. The minimum absolute atomic E-state index is 0.0187. The van der Waals surface area contributed by atoms with Gasteiger partial charge in [0.2, 0.25) is 5.96 Å². The summed E-state index contributed by atoms with van der Waals surface area (Å²) in [5.41, 5.74) is 14.2.